The molecule has 4 nitrogen and oxygen atoms in total. The normalized spacial score (nSPS) is 23.8. The number of aliphatic hydroxyl groups is 1. The Bertz CT molecular complexity index is 574. The molecule has 112 valence electrons. The van der Waals surface area contributed by atoms with Gasteiger partial charge in [0, 0.05) is 11.6 Å². The van der Waals surface area contributed by atoms with E-state index in [4.69, 9.17) is 11.6 Å². The van der Waals surface area contributed by atoms with Gasteiger partial charge < -0.3 is 5.11 Å². The van der Waals surface area contributed by atoms with E-state index in [1.54, 1.807) is 12.1 Å². The van der Waals surface area contributed by atoms with Gasteiger partial charge in [-0.25, -0.2) is 13.1 Å². The lowest BCUT2D eigenvalue weighted by molar-refractivity contribution is 0.102. The fourth-order valence-corrected chi connectivity index (χ4v) is 3.89. The van der Waals surface area contributed by atoms with Gasteiger partial charge in [-0.15, -0.1) is 0 Å². The van der Waals surface area contributed by atoms with Crippen LogP contribution in [0.1, 0.15) is 31.2 Å². The Morgan fingerprint density at radius 2 is 2.15 bits per heavy atom. The van der Waals surface area contributed by atoms with Crippen LogP contribution in [0.4, 0.5) is 0 Å². The first-order valence-electron chi connectivity index (χ1n) is 6.82. The molecule has 1 aromatic rings. The van der Waals surface area contributed by atoms with E-state index >= 15 is 0 Å². The number of sulfonamides is 1. The summed E-state index contributed by atoms with van der Waals surface area (Å²) in [6.07, 6.45) is 3.08. The molecule has 6 heteroatoms. The lowest BCUT2D eigenvalue weighted by Crippen LogP contribution is -2.33. The zero-order valence-electron chi connectivity index (χ0n) is 11.5. The van der Waals surface area contributed by atoms with Crippen molar-refractivity contribution < 1.29 is 13.5 Å². The summed E-state index contributed by atoms with van der Waals surface area (Å²) in [6.45, 7) is 2.19. The molecule has 0 aromatic heterocycles. The number of aryl methyl sites for hydroxylation is 1. The molecule has 0 unspecified atom stereocenters. The zero-order valence-corrected chi connectivity index (χ0v) is 13.0. The zero-order chi connectivity index (χ0) is 14.8. The van der Waals surface area contributed by atoms with Gasteiger partial charge in [-0.05, 0) is 49.8 Å². The van der Waals surface area contributed by atoms with Gasteiger partial charge in [-0.3, -0.25) is 0 Å². The van der Waals surface area contributed by atoms with Crippen LogP contribution in [0.5, 0.6) is 0 Å². The maximum absolute atomic E-state index is 12.2. The first-order chi connectivity index (χ1) is 9.38. The maximum atomic E-state index is 12.2. The molecular formula is C14H20ClNO3S. The van der Waals surface area contributed by atoms with E-state index in [1.165, 1.54) is 6.07 Å². The lowest BCUT2D eigenvalue weighted by atomic mass is 9.87. The predicted octanol–water partition coefficient (Wildman–Crippen LogP) is 2.48. The molecule has 2 rings (SSSR count). The van der Waals surface area contributed by atoms with Crippen molar-refractivity contribution in [1.29, 1.82) is 0 Å². The van der Waals surface area contributed by atoms with E-state index in [2.05, 4.69) is 4.72 Å². The van der Waals surface area contributed by atoms with Crippen LogP contribution in [0.2, 0.25) is 5.02 Å². The second-order valence-corrected chi connectivity index (χ2v) is 7.62. The van der Waals surface area contributed by atoms with Gasteiger partial charge >= 0.3 is 0 Å². The standard InChI is InChI=1S/C14H20ClNO3S/c1-10-5-6-13(8-14(10)15)20(18,19)16-9-11-3-2-4-12(17)7-11/h5-6,8,11-12,16-17H,2-4,7,9H2,1H3/t11-,12+/m0/s1. The smallest absolute Gasteiger partial charge is 0.240 e. The topological polar surface area (TPSA) is 66.4 Å². The molecule has 0 radical (unpaired) electrons. The maximum Gasteiger partial charge on any atom is 0.240 e. The minimum absolute atomic E-state index is 0.185. The number of hydrogen-bond acceptors (Lipinski definition) is 3. The Hall–Kier alpha value is -0.620. The number of aliphatic hydroxyl groups excluding tert-OH is 1. The van der Waals surface area contributed by atoms with Gasteiger partial charge in [0.05, 0.1) is 11.0 Å². The van der Waals surface area contributed by atoms with Crippen molar-refractivity contribution in [2.45, 2.75) is 43.6 Å². The van der Waals surface area contributed by atoms with Crippen LogP contribution in [0.25, 0.3) is 0 Å². The molecular weight excluding hydrogens is 298 g/mol. The van der Waals surface area contributed by atoms with Crippen LogP contribution < -0.4 is 4.72 Å². The van der Waals surface area contributed by atoms with E-state index in [0.29, 0.717) is 18.0 Å². The van der Waals surface area contributed by atoms with Crippen LogP contribution in [0.3, 0.4) is 0 Å². The molecule has 2 N–H and O–H groups in total. The van der Waals surface area contributed by atoms with E-state index in [-0.39, 0.29) is 16.9 Å². The van der Waals surface area contributed by atoms with Crippen molar-refractivity contribution in [3.05, 3.63) is 28.8 Å². The van der Waals surface area contributed by atoms with Crippen LogP contribution in [-0.4, -0.2) is 26.2 Å². The molecule has 1 aliphatic carbocycles. The highest BCUT2D eigenvalue weighted by atomic mass is 35.5. The van der Waals surface area contributed by atoms with Gasteiger partial charge in [0.1, 0.15) is 0 Å². The fourth-order valence-electron chi connectivity index (χ4n) is 2.50. The molecule has 0 bridgehead atoms. The van der Waals surface area contributed by atoms with Crippen LogP contribution in [0, 0.1) is 12.8 Å². The summed E-state index contributed by atoms with van der Waals surface area (Å²) in [5, 5.41) is 10.0. The molecule has 1 aromatic carbocycles. The summed E-state index contributed by atoms with van der Waals surface area (Å²) in [4.78, 5) is 0.185. The third-order valence-electron chi connectivity index (χ3n) is 3.77. The van der Waals surface area contributed by atoms with Gasteiger partial charge in [0.2, 0.25) is 10.0 Å². The van der Waals surface area contributed by atoms with E-state index < -0.39 is 10.0 Å². The van der Waals surface area contributed by atoms with E-state index in [9.17, 15) is 13.5 Å². The predicted molar refractivity (Wildman–Crippen MR) is 79.3 cm³/mol. The first kappa shape index (κ1) is 15.8. The number of nitrogens with one attached hydrogen (secondary N) is 1. The number of rotatable bonds is 4. The van der Waals surface area contributed by atoms with Crippen LogP contribution in [-0.2, 0) is 10.0 Å². The van der Waals surface area contributed by atoms with Gasteiger partial charge in [-0.2, -0.15) is 0 Å². The average molecular weight is 318 g/mol. The van der Waals surface area contributed by atoms with E-state index in [0.717, 1.165) is 24.8 Å². The third kappa shape index (κ3) is 3.95. The van der Waals surface area contributed by atoms with Crippen LogP contribution in [0.15, 0.2) is 23.1 Å². The molecule has 0 aliphatic heterocycles. The van der Waals surface area contributed by atoms with Crippen LogP contribution >= 0.6 is 11.6 Å². The van der Waals surface area contributed by atoms with Crippen molar-refractivity contribution in [3.63, 3.8) is 0 Å². The highest BCUT2D eigenvalue weighted by molar-refractivity contribution is 7.89. The molecule has 0 spiro atoms. The average Bonchev–Trinajstić information content (AvgIpc) is 2.40. The second-order valence-electron chi connectivity index (χ2n) is 5.45. The Morgan fingerprint density at radius 1 is 1.40 bits per heavy atom. The Balaban J connectivity index is 2.01. The fraction of sp³-hybridized carbons (Fsp3) is 0.571. The summed E-state index contributed by atoms with van der Waals surface area (Å²) in [5.74, 6) is 0.203. The molecule has 2 atom stereocenters. The minimum Gasteiger partial charge on any atom is -0.393 e. The van der Waals surface area contributed by atoms with Crippen molar-refractivity contribution in [1.82, 2.24) is 4.72 Å². The number of hydrogen-bond donors (Lipinski definition) is 2. The minimum atomic E-state index is -3.53. The molecule has 20 heavy (non-hydrogen) atoms. The highest BCUT2D eigenvalue weighted by Crippen LogP contribution is 2.24. The Morgan fingerprint density at radius 3 is 2.80 bits per heavy atom. The van der Waals surface area contributed by atoms with E-state index in [1.807, 2.05) is 6.92 Å². The SMILES string of the molecule is Cc1ccc(S(=O)(=O)NC[C@H]2CCC[C@@H](O)C2)cc1Cl. The van der Waals surface area contributed by atoms with Crippen molar-refractivity contribution in [2.24, 2.45) is 5.92 Å². The molecule has 0 amide bonds. The quantitative estimate of drug-likeness (QED) is 0.896. The largest absolute Gasteiger partial charge is 0.393 e. The first-order valence-corrected chi connectivity index (χ1v) is 8.68. The summed E-state index contributed by atoms with van der Waals surface area (Å²) >= 11 is 5.96. The number of benzene rings is 1. The van der Waals surface area contributed by atoms with Crippen molar-refractivity contribution in [3.8, 4) is 0 Å². The molecule has 0 heterocycles. The Labute approximate surface area is 125 Å². The number of halogens is 1. The molecule has 1 fully saturated rings. The Kier molecular flexibility index (Phi) is 5.07. The van der Waals surface area contributed by atoms with Gasteiger partial charge in [0.15, 0.2) is 0 Å². The summed E-state index contributed by atoms with van der Waals surface area (Å²) in [5.41, 5.74) is 0.848. The monoisotopic (exact) mass is 317 g/mol. The third-order valence-corrected chi connectivity index (χ3v) is 5.60. The second kappa shape index (κ2) is 6.43. The van der Waals surface area contributed by atoms with Crippen molar-refractivity contribution >= 4 is 21.6 Å². The summed E-state index contributed by atoms with van der Waals surface area (Å²) in [6, 6.07) is 4.72. The highest BCUT2D eigenvalue weighted by Gasteiger charge is 2.22. The van der Waals surface area contributed by atoms with Crippen molar-refractivity contribution in [2.75, 3.05) is 6.54 Å². The van der Waals surface area contributed by atoms with Gasteiger partial charge in [0.25, 0.3) is 0 Å². The molecule has 0 saturated heterocycles. The lowest BCUT2D eigenvalue weighted by Gasteiger charge is -2.25. The van der Waals surface area contributed by atoms with Gasteiger partial charge in [-0.1, -0.05) is 24.1 Å². The summed E-state index contributed by atoms with van der Waals surface area (Å²) in [7, 11) is -3.53. The summed E-state index contributed by atoms with van der Waals surface area (Å²) < 4.78 is 27.0. The molecule has 1 saturated carbocycles. The molecule has 1 aliphatic rings.